The van der Waals surface area contributed by atoms with Gasteiger partial charge in [-0.05, 0) is 51.6 Å². The number of halogens is 3. The first-order valence-electron chi connectivity index (χ1n) is 8.26. The van der Waals surface area contributed by atoms with E-state index in [1.54, 1.807) is 0 Å². The molecule has 0 bridgehead atoms. The minimum Gasteiger partial charge on any atom is -0.357 e. The predicted octanol–water partition coefficient (Wildman–Crippen LogP) is 2.62. The Kier molecular flexibility index (Phi) is 8.60. The summed E-state index contributed by atoms with van der Waals surface area (Å²) in [5, 5.41) is 6.49. The van der Waals surface area contributed by atoms with Crippen molar-refractivity contribution in [1.29, 1.82) is 0 Å². The highest BCUT2D eigenvalue weighted by molar-refractivity contribution is 5.79. The molecule has 4 nitrogen and oxygen atoms in total. The number of guanidine groups is 1. The minimum absolute atomic E-state index is 0.506. The Hall–Kier alpha value is -0.980. The van der Waals surface area contributed by atoms with Crippen molar-refractivity contribution < 1.29 is 13.2 Å². The average molecular weight is 322 g/mol. The Morgan fingerprint density at radius 3 is 2.41 bits per heavy atom. The van der Waals surface area contributed by atoms with E-state index in [0.29, 0.717) is 19.0 Å². The molecule has 1 aliphatic rings. The van der Waals surface area contributed by atoms with Gasteiger partial charge < -0.3 is 10.6 Å². The molecule has 1 aliphatic heterocycles. The lowest BCUT2D eigenvalue weighted by atomic mass is 9.93. The van der Waals surface area contributed by atoms with Crippen LogP contribution in [0.1, 0.15) is 39.5 Å². The summed E-state index contributed by atoms with van der Waals surface area (Å²) in [6.45, 7) is 6.88. The maximum Gasteiger partial charge on any atom is 0.401 e. The van der Waals surface area contributed by atoms with Crippen LogP contribution in [0.25, 0.3) is 0 Å². The van der Waals surface area contributed by atoms with E-state index in [1.807, 2.05) is 6.92 Å². The Bertz CT molecular complexity index is 323. The van der Waals surface area contributed by atoms with Crippen molar-refractivity contribution in [3.05, 3.63) is 0 Å². The number of hydrogen-bond acceptors (Lipinski definition) is 2. The van der Waals surface area contributed by atoms with E-state index in [2.05, 4.69) is 22.5 Å². The summed E-state index contributed by atoms with van der Waals surface area (Å²) in [6, 6.07) is 0. The van der Waals surface area contributed by atoms with Crippen LogP contribution in [0.5, 0.6) is 0 Å². The largest absolute Gasteiger partial charge is 0.401 e. The molecule has 1 rings (SSSR count). The van der Waals surface area contributed by atoms with Crippen LogP contribution in [-0.2, 0) is 0 Å². The van der Waals surface area contributed by atoms with Gasteiger partial charge in [-0.25, -0.2) is 0 Å². The standard InChI is InChI=1S/C15H29F3N4/c1-3-8-20-14(19-4-2)21-9-5-13-6-10-22(11-7-13)12-15(16,17)18/h13H,3-12H2,1-2H3,(H2,19,20,21). The molecule has 130 valence electrons. The second-order valence-electron chi connectivity index (χ2n) is 5.81. The molecular weight excluding hydrogens is 293 g/mol. The quantitative estimate of drug-likeness (QED) is 0.559. The van der Waals surface area contributed by atoms with Gasteiger partial charge in [0.1, 0.15) is 0 Å². The number of nitrogens with zero attached hydrogens (tertiary/aromatic N) is 2. The summed E-state index contributed by atoms with van der Waals surface area (Å²) in [6.07, 6.45) is -0.393. The summed E-state index contributed by atoms with van der Waals surface area (Å²) in [4.78, 5) is 5.94. The zero-order valence-electron chi connectivity index (χ0n) is 13.7. The van der Waals surface area contributed by atoms with Crippen LogP contribution in [0.4, 0.5) is 13.2 Å². The average Bonchev–Trinajstić information content (AvgIpc) is 2.45. The summed E-state index contributed by atoms with van der Waals surface area (Å²) in [7, 11) is 0. The van der Waals surface area contributed by atoms with Crippen molar-refractivity contribution in [3.63, 3.8) is 0 Å². The first kappa shape index (κ1) is 19.1. The highest BCUT2D eigenvalue weighted by Gasteiger charge is 2.32. The highest BCUT2D eigenvalue weighted by atomic mass is 19.4. The van der Waals surface area contributed by atoms with Gasteiger partial charge in [0, 0.05) is 19.6 Å². The third-order valence-corrected chi connectivity index (χ3v) is 3.79. The predicted molar refractivity (Wildman–Crippen MR) is 84.1 cm³/mol. The molecule has 0 aromatic rings. The number of rotatable bonds is 7. The maximum atomic E-state index is 12.3. The topological polar surface area (TPSA) is 39.7 Å². The van der Waals surface area contributed by atoms with Gasteiger partial charge in [0.05, 0.1) is 6.54 Å². The van der Waals surface area contributed by atoms with E-state index in [9.17, 15) is 13.2 Å². The molecule has 0 atom stereocenters. The summed E-state index contributed by atoms with van der Waals surface area (Å²) in [5.41, 5.74) is 0. The third kappa shape index (κ3) is 8.46. The number of nitrogens with one attached hydrogen (secondary N) is 2. The first-order valence-corrected chi connectivity index (χ1v) is 8.26. The van der Waals surface area contributed by atoms with E-state index in [-0.39, 0.29) is 0 Å². The fourth-order valence-electron chi connectivity index (χ4n) is 2.65. The SMILES string of the molecule is CCCN=C(NCC)NCCC1CCN(CC(F)(F)F)CC1. The number of likely N-dealkylation sites (tertiary alicyclic amines) is 1. The molecule has 0 saturated carbocycles. The molecule has 0 aliphatic carbocycles. The van der Waals surface area contributed by atoms with Crippen LogP contribution in [-0.4, -0.2) is 56.3 Å². The Morgan fingerprint density at radius 2 is 1.86 bits per heavy atom. The maximum absolute atomic E-state index is 12.3. The summed E-state index contributed by atoms with van der Waals surface area (Å²) < 4.78 is 37.0. The molecule has 0 aromatic carbocycles. The smallest absolute Gasteiger partial charge is 0.357 e. The van der Waals surface area contributed by atoms with E-state index >= 15 is 0 Å². The molecule has 7 heteroatoms. The second-order valence-corrected chi connectivity index (χ2v) is 5.81. The minimum atomic E-state index is -4.08. The zero-order valence-corrected chi connectivity index (χ0v) is 13.7. The monoisotopic (exact) mass is 322 g/mol. The van der Waals surface area contributed by atoms with Crippen molar-refractivity contribution in [2.24, 2.45) is 10.9 Å². The van der Waals surface area contributed by atoms with E-state index < -0.39 is 12.7 Å². The van der Waals surface area contributed by atoms with Gasteiger partial charge in [-0.3, -0.25) is 9.89 Å². The van der Waals surface area contributed by atoms with Gasteiger partial charge >= 0.3 is 6.18 Å². The van der Waals surface area contributed by atoms with Gasteiger partial charge in [0.15, 0.2) is 5.96 Å². The molecule has 0 unspecified atom stereocenters. The van der Waals surface area contributed by atoms with Gasteiger partial charge in [-0.15, -0.1) is 0 Å². The molecule has 1 fully saturated rings. The van der Waals surface area contributed by atoms with E-state index in [0.717, 1.165) is 51.3 Å². The second kappa shape index (κ2) is 9.92. The molecule has 0 radical (unpaired) electrons. The van der Waals surface area contributed by atoms with Crippen LogP contribution >= 0.6 is 0 Å². The van der Waals surface area contributed by atoms with Gasteiger partial charge in [0.25, 0.3) is 0 Å². The summed E-state index contributed by atoms with van der Waals surface area (Å²) in [5.74, 6) is 1.34. The third-order valence-electron chi connectivity index (χ3n) is 3.79. The van der Waals surface area contributed by atoms with Crippen LogP contribution in [0.15, 0.2) is 4.99 Å². The van der Waals surface area contributed by atoms with Crippen molar-refractivity contribution in [1.82, 2.24) is 15.5 Å². The van der Waals surface area contributed by atoms with Crippen molar-refractivity contribution in [2.75, 3.05) is 39.3 Å². The fraction of sp³-hybridized carbons (Fsp3) is 0.933. The number of aliphatic imine (C=N–C) groups is 1. The van der Waals surface area contributed by atoms with Crippen molar-refractivity contribution in [3.8, 4) is 0 Å². The Morgan fingerprint density at radius 1 is 1.18 bits per heavy atom. The first-order chi connectivity index (χ1) is 10.4. The lowest BCUT2D eigenvalue weighted by Crippen LogP contribution is -2.41. The van der Waals surface area contributed by atoms with Crippen LogP contribution < -0.4 is 10.6 Å². The van der Waals surface area contributed by atoms with Gasteiger partial charge in [-0.1, -0.05) is 6.92 Å². The normalized spacial score (nSPS) is 18.5. The van der Waals surface area contributed by atoms with Crippen LogP contribution in [0.3, 0.4) is 0 Å². The molecule has 0 amide bonds. The van der Waals surface area contributed by atoms with Gasteiger partial charge in [-0.2, -0.15) is 13.2 Å². The number of hydrogen-bond donors (Lipinski definition) is 2. The van der Waals surface area contributed by atoms with E-state index in [1.165, 1.54) is 4.90 Å². The Balaban J connectivity index is 2.21. The molecule has 0 spiro atoms. The fourth-order valence-corrected chi connectivity index (χ4v) is 2.65. The lowest BCUT2D eigenvalue weighted by Gasteiger charge is -2.32. The molecule has 1 saturated heterocycles. The van der Waals surface area contributed by atoms with Crippen LogP contribution in [0.2, 0.25) is 0 Å². The lowest BCUT2D eigenvalue weighted by molar-refractivity contribution is -0.148. The molecular formula is C15H29F3N4. The molecule has 1 heterocycles. The Labute approximate surface area is 131 Å². The van der Waals surface area contributed by atoms with E-state index in [4.69, 9.17) is 0 Å². The summed E-state index contributed by atoms with van der Waals surface area (Å²) >= 11 is 0. The number of piperidine rings is 1. The highest BCUT2D eigenvalue weighted by Crippen LogP contribution is 2.23. The van der Waals surface area contributed by atoms with Crippen LogP contribution in [0, 0.1) is 5.92 Å². The number of alkyl halides is 3. The molecule has 22 heavy (non-hydrogen) atoms. The molecule has 0 aromatic heterocycles. The van der Waals surface area contributed by atoms with Crippen molar-refractivity contribution >= 4 is 5.96 Å². The van der Waals surface area contributed by atoms with Gasteiger partial charge in [0.2, 0.25) is 0 Å². The molecule has 2 N–H and O–H groups in total. The zero-order chi connectivity index (χ0) is 16.4. The van der Waals surface area contributed by atoms with Crippen molar-refractivity contribution in [2.45, 2.75) is 45.7 Å².